The molecular weight excluding hydrogens is 244 g/mol. The van der Waals surface area contributed by atoms with Gasteiger partial charge < -0.3 is 15.2 Å². The fourth-order valence-electron chi connectivity index (χ4n) is 1.71. The van der Waals surface area contributed by atoms with Gasteiger partial charge in [-0.2, -0.15) is 4.98 Å². The number of aromatic nitrogens is 3. The highest BCUT2D eigenvalue weighted by molar-refractivity contribution is 5.62. The third kappa shape index (κ3) is 2.11. The lowest BCUT2D eigenvalue weighted by Crippen LogP contribution is -2.02. The Morgan fingerprint density at radius 3 is 2.95 bits per heavy atom. The minimum Gasteiger partial charge on any atom is -0.399 e. The molecule has 0 unspecified atom stereocenters. The van der Waals surface area contributed by atoms with E-state index in [0.29, 0.717) is 17.1 Å². The summed E-state index contributed by atoms with van der Waals surface area (Å²) in [5, 5.41) is 3.85. The van der Waals surface area contributed by atoms with Crippen molar-refractivity contribution in [1.29, 1.82) is 0 Å². The maximum atomic E-state index is 11.7. The van der Waals surface area contributed by atoms with Crippen LogP contribution in [0.5, 0.6) is 0 Å². The SMILES string of the molecule is Nc1cccc(-c2noc(-c3c[nH]ccc3=O)n2)c1. The Kier molecular flexibility index (Phi) is 2.60. The maximum absolute atomic E-state index is 11.7. The summed E-state index contributed by atoms with van der Waals surface area (Å²) in [5.41, 5.74) is 7.21. The Morgan fingerprint density at radius 1 is 1.26 bits per heavy atom. The lowest BCUT2D eigenvalue weighted by Gasteiger charge is -1.95. The highest BCUT2D eigenvalue weighted by Crippen LogP contribution is 2.21. The van der Waals surface area contributed by atoms with Crippen molar-refractivity contribution in [3.8, 4) is 22.8 Å². The summed E-state index contributed by atoms with van der Waals surface area (Å²) < 4.78 is 5.10. The number of anilines is 1. The van der Waals surface area contributed by atoms with Gasteiger partial charge in [-0.25, -0.2) is 0 Å². The van der Waals surface area contributed by atoms with Crippen molar-refractivity contribution in [3.63, 3.8) is 0 Å². The van der Waals surface area contributed by atoms with Gasteiger partial charge in [-0.15, -0.1) is 0 Å². The van der Waals surface area contributed by atoms with Crippen molar-refractivity contribution >= 4 is 5.69 Å². The quantitative estimate of drug-likeness (QED) is 0.678. The molecule has 1 aromatic carbocycles. The lowest BCUT2D eigenvalue weighted by atomic mass is 10.2. The van der Waals surface area contributed by atoms with Crippen LogP contribution in [0.25, 0.3) is 22.8 Å². The van der Waals surface area contributed by atoms with Crippen LogP contribution in [0.15, 0.2) is 52.0 Å². The van der Waals surface area contributed by atoms with E-state index >= 15 is 0 Å². The molecule has 0 bridgehead atoms. The molecule has 2 heterocycles. The molecule has 0 fully saturated rings. The van der Waals surface area contributed by atoms with Gasteiger partial charge in [0.15, 0.2) is 5.43 Å². The molecule has 0 spiro atoms. The molecule has 3 N–H and O–H groups in total. The highest BCUT2D eigenvalue weighted by atomic mass is 16.5. The van der Waals surface area contributed by atoms with Crippen molar-refractivity contribution in [1.82, 2.24) is 15.1 Å². The number of nitrogens with zero attached hydrogens (tertiary/aromatic N) is 2. The van der Waals surface area contributed by atoms with Crippen LogP contribution >= 0.6 is 0 Å². The average molecular weight is 254 g/mol. The predicted octanol–water partition coefficient (Wildman–Crippen LogP) is 1.67. The molecule has 0 aliphatic heterocycles. The fourth-order valence-corrected chi connectivity index (χ4v) is 1.71. The topological polar surface area (TPSA) is 97.8 Å². The lowest BCUT2D eigenvalue weighted by molar-refractivity contribution is 0.432. The predicted molar refractivity (Wildman–Crippen MR) is 70.2 cm³/mol. The van der Waals surface area contributed by atoms with Gasteiger partial charge >= 0.3 is 0 Å². The van der Waals surface area contributed by atoms with E-state index in [1.807, 2.05) is 6.07 Å². The molecule has 0 aliphatic rings. The second-order valence-electron chi connectivity index (χ2n) is 3.97. The molecule has 6 heteroatoms. The molecule has 6 nitrogen and oxygen atoms in total. The second-order valence-corrected chi connectivity index (χ2v) is 3.97. The van der Waals surface area contributed by atoms with Gasteiger partial charge in [-0.05, 0) is 12.1 Å². The number of benzene rings is 1. The molecule has 19 heavy (non-hydrogen) atoms. The summed E-state index contributed by atoms with van der Waals surface area (Å²) >= 11 is 0. The van der Waals surface area contributed by atoms with Crippen LogP contribution in [0, 0.1) is 0 Å². The molecule has 94 valence electrons. The molecule has 3 rings (SSSR count). The van der Waals surface area contributed by atoms with Crippen LogP contribution in [0.3, 0.4) is 0 Å². The zero-order valence-electron chi connectivity index (χ0n) is 9.83. The van der Waals surface area contributed by atoms with Crippen molar-refractivity contribution in [2.75, 3.05) is 5.73 Å². The second kappa shape index (κ2) is 4.41. The first-order chi connectivity index (χ1) is 9.24. The first-order valence-corrected chi connectivity index (χ1v) is 5.61. The summed E-state index contributed by atoms with van der Waals surface area (Å²) in [5.74, 6) is 0.574. The Labute approximate surface area is 107 Å². The van der Waals surface area contributed by atoms with Crippen LogP contribution in [-0.4, -0.2) is 15.1 Å². The molecule has 2 aromatic heterocycles. The van der Waals surface area contributed by atoms with Gasteiger partial charge in [0.2, 0.25) is 5.82 Å². The molecule has 0 saturated carbocycles. The fraction of sp³-hybridized carbons (Fsp3) is 0. The number of H-pyrrole nitrogens is 1. The summed E-state index contributed by atoms with van der Waals surface area (Å²) in [6.45, 7) is 0. The van der Waals surface area contributed by atoms with E-state index in [4.69, 9.17) is 10.3 Å². The molecule has 0 atom stereocenters. The van der Waals surface area contributed by atoms with Gasteiger partial charge in [0.05, 0.1) is 0 Å². The number of nitrogens with one attached hydrogen (secondary N) is 1. The average Bonchev–Trinajstić information content (AvgIpc) is 2.89. The van der Waals surface area contributed by atoms with E-state index < -0.39 is 0 Å². The number of rotatable bonds is 2. The highest BCUT2D eigenvalue weighted by Gasteiger charge is 2.12. The molecule has 0 saturated heterocycles. The third-order valence-corrected chi connectivity index (χ3v) is 2.63. The van der Waals surface area contributed by atoms with Gasteiger partial charge in [0.1, 0.15) is 5.56 Å². The van der Waals surface area contributed by atoms with E-state index in [2.05, 4.69) is 15.1 Å². The van der Waals surface area contributed by atoms with E-state index in [1.54, 1.807) is 24.4 Å². The van der Waals surface area contributed by atoms with Crippen molar-refractivity contribution in [3.05, 3.63) is 52.9 Å². The number of nitrogen functional groups attached to an aromatic ring is 1. The van der Waals surface area contributed by atoms with Crippen LogP contribution in [-0.2, 0) is 0 Å². The van der Waals surface area contributed by atoms with E-state index in [-0.39, 0.29) is 11.3 Å². The van der Waals surface area contributed by atoms with Crippen LogP contribution in [0.1, 0.15) is 0 Å². The molecule has 0 aliphatic carbocycles. The van der Waals surface area contributed by atoms with E-state index in [0.717, 1.165) is 5.56 Å². The summed E-state index contributed by atoms with van der Waals surface area (Å²) in [7, 11) is 0. The zero-order chi connectivity index (χ0) is 13.2. The van der Waals surface area contributed by atoms with Crippen molar-refractivity contribution < 1.29 is 4.52 Å². The first kappa shape index (κ1) is 11.2. The maximum Gasteiger partial charge on any atom is 0.263 e. The van der Waals surface area contributed by atoms with E-state index in [9.17, 15) is 4.79 Å². The monoisotopic (exact) mass is 254 g/mol. The molecule has 3 aromatic rings. The number of hydrogen-bond acceptors (Lipinski definition) is 5. The Bertz CT molecular complexity index is 776. The summed E-state index contributed by atoms with van der Waals surface area (Å²) in [6, 6.07) is 8.53. The number of nitrogens with two attached hydrogens (primary N) is 1. The number of hydrogen-bond donors (Lipinski definition) is 2. The van der Waals surface area contributed by atoms with Gasteiger partial charge in [-0.1, -0.05) is 17.3 Å². The largest absolute Gasteiger partial charge is 0.399 e. The molecular formula is C13H10N4O2. The Morgan fingerprint density at radius 2 is 2.16 bits per heavy atom. The number of aromatic amines is 1. The van der Waals surface area contributed by atoms with E-state index in [1.165, 1.54) is 12.3 Å². The van der Waals surface area contributed by atoms with Crippen LogP contribution < -0.4 is 11.2 Å². The minimum absolute atomic E-state index is 0.179. The summed E-state index contributed by atoms with van der Waals surface area (Å²) in [6.07, 6.45) is 3.07. The standard InChI is InChI=1S/C13H10N4O2/c14-9-3-1-2-8(6-9)12-16-13(19-17-12)10-7-15-5-4-11(10)18/h1-7H,14H2,(H,15,18). The van der Waals surface area contributed by atoms with Crippen molar-refractivity contribution in [2.24, 2.45) is 0 Å². The van der Waals surface area contributed by atoms with Crippen LogP contribution in [0.4, 0.5) is 5.69 Å². The zero-order valence-corrected chi connectivity index (χ0v) is 9.83. The van der Waals surface area contributed by atoms with Crippen molar-refractivity contribution in [2.45, 2.75) is 0 Å². The van der Waals surface area contributed by atoms with Gasteiger partial charge in [0.25, 0.3) is 5.89 Å². The normalized spacial score (nSPS) is 10.5. The molecule has 0 amide bonds. The first-order valence-electron chi connectivity index (χ1n) is 5.61. The smallest absolute Gasteiger partial charge is 0.263 e. The minimum atomic E-state index is -0.179. The number of pyridine rings is 1. The Balaban J connectivity index is 2.05. The van der Waals surface area contributed by atoms with Gasteiger partial charge in [-0.3, -0.25) is 4.79 Å². The third-order valence-electron chi connectivity index (χ3n) is 2.63. The van der Waals surface area contributed by atoms with Gasteiger partial charge in [0, 0.05) is 29.7 Å². The molecule has 0 radical (unpaired) electrons. The summed E-state index contributed by atoms with van der Waals surface area (Å²) in [4.78, 5) is 18.7. The van der Waals surface area contributed by atoms with Crippen LogP contribution in [0.2, 0.25) is 0 Å². The Hall–Kier alpha value is -2.89.